The molecule has 5 heteroatoms. The van der Waals surface area contributed by atoms with Gasteiger partial charge in [0.25, 0.3) is 0 Å². The number of aromatic hydroxyl groups is 1. The van der Waals surface area contributed by atoms with E-state index in [1.807, 2.05) is 6.92 Å². The molecule has 1 atom stereocenters. The highest BCUT2D eigenvalue weighted by Crippen LogP contribution is 2.33. The molecule has 1 aromatic rings. The van der Waals surface area contributed by atoms with E-state index in [0.29, 0.717) is 10.0 Å². The number of rotatable bonds is 3. The molecule has 0 amide bonds. The molecular weight excluding hydrogens is 284 g/mol. The Bertz CT molecular complexity index is 335. The van der Waals surface area contributed by atoms with Crippen molar-refractivity contribution in [2.45, 2.75) is 25.8 Å². The van der Waals surface area contributed by atoms with Crippen LogP contribution in [0.15, 0.2) is 16.6 Å². The van der Waals surface area contributed by atoms with E-state index in [0.717, 1.165) is 12.8 Å². The molecule has 0 unspecified atom stereocenters. The van der Waals surface area contributed by atoms with E-state index in [1.54, 1.807) is 0 Å². The zero-order valence-electron chi connectivity index (χ0n) is 8.34. The number of hydrogen-bond acceptors (Lipinski definition) is 2. The molecule has 3 N–H and O–H groups in total. The lowest BCUT2D eigenvalue weighted by Gasteiger charge is -2.13. The Morgan fingerprint density at radius 2 is 2.13 bits per heavy atom. The molecule has 0 saturated carbocycles. The van der Waals surface area contributed by atoms with Crippen LogP contribution in [0.1, 0.15) is 31.4 Å². The summed E-state index contributed by atoms with van der Waals surface area (Å²) in [5.74, 6) is -0.358. The quantitative estimate of drug-likeness (QED) is 0.897. The molecule has 0 aliphatic carbocycles. The standard InChI is InChI=1S/C10H13BrFNO.ClH/c1-2-3-9(13)7-4-6(12)5-8(11)10(7)14;/h4-5,9,14H,2-3,13H2,1H3;1H/t9-;/m0./s1. The summed E-state index contributed by atoms with van der Waals surface area (Å²) in [6, 6.07) is 2.18. The van der Waals surface area contributed by atoms with Crippen molar-refractivity contribution < 1.29 is 9.50 Å². The van der Waals surface area contributed by atoms with Crippen LogP contribution in [0, 0.1) is 5.82 Å². The summed E-state index contributed by atoms with van der Waals surface area (Å²) in [5.41, 5.74) is 6.25. The zero-order valence-corrected chi connectivity index (χ0v) is 10.7. The largest absolute Gasteiger partial charge is 0.506 e. The van der Waals surface area contributed by atoms with Crippen LogP contribution in [-0.4, -0.2) is 5.11 Å². The van der Waals surface area contributed by atoms with Crippen molar-refractivity contribution in [2.24, 2.45) is 5.73 Å². The Balaban J connectivity index is 0.00000196. The number of halogens is 3. The monoisotopic (exact) mass is 297 g/mol. The molecule has 1 rings (SSSR count). The van der Waals surface area contributed by atoms with Gasteiger partial charge in [-0.05, 0) is 34.5 Å². The van der Waals surface area contributed by atoms with Crippen LogP contribution in [0.3, 0.4) is 0 Å². The van der Waals surface area contributed by atoms with Gasteiger partial charge in [0.05, 0.1) is 4.47 Å². The molecule has 0 aromatic heterocycles. The molecule has 2 nitrogen and oxygen atoms in total. The van der Waals surface area contributed by atoms with E-state index in [1.165, 1.54) is 12.1 Å². The van der Waals surface area contributed by atoms with Crippen LogP contribution >= 0.6 is 28.3 Å². The second kappa shape index (κ2) is 6.30. The normalized spacial score (nSPS) is 12.0. The molecule has 0 spiro atoms. The highest BCUT2D eigenvalue weighted by atomic mass is 79.9. The van der Waals surface area contributed by atoms with Crippen molar-refractivity contribution in [2.75, 3.05) is 0 Å². The van der Waals surface area contributed by atoms with Crippen molar-refractivity contribution in [1.29, 1.82) is 0 Å². The second-order valence-corrected chi connectivity index (χ2v) is 4.07. The van der Waals surface area contributed by atoms with Gasteiger partial charge < -0.3 is 10.8 Å². The predicted molar refractivity (Wildman–Crippen MR) is 64.8 cm³/mol. The minimum Gasteiger partial charge on any atom is -0.506 e. The highest BCUT2D eigenvalue weighted by Gasteiger charge is 2.14. The topological polar surface area (TPSA) is 46.2 Å². The summed E-state index contributed by atoms with van der Waals surface area (Å²) in [6.45, 7) is 1.99. The summed E-state index contributed by atoms with van der Waals surface area (Å²) >= 11 is 3.07. The Morgan fingerprint density at radius 3 is 2.67 bits per heavy atom. The lowest BCUT2D eigenvalue weighted by molar-refractivity contribution is 0.451. The van der Waals surface area contributed by atoms with Crippen LogP contribution in [-0.2, 0) is 0 Å². The lowest BCUT2D eigenvalue weighted by Crippen LogP contribution is -2.10. The first-order chi connectivity index (χ1) is 6.56. The van der Waals surface area contributed by atoms with E-state index in [9.17, 15) is 9.50 Å². The molecule has 1 aromatic carbocycles. The summed E-state index contributed by atoms with van der Waals surface area (Å²) in [6.07, 6.45) is 1.62. The fourth-order valence-electron chi connectivity index (χ4n) is 1.34. The summed E-state index contributed by atoms with van der Waals surface area (Å²) in [7, 11) is 0. The zero-order chi connectivity index (χ0) is 10.7. The first kappa shape index (κ1) is 14.7. The Kier molecular flexibility index (Phi) is 6.17. The van der Waals surface area contributed by atoms with Gasteiger partial charge >= 0.3 is 0 Å². The Labute approximate surface area is 103 Å². The van der Waals surface area contributed by atoms with Gasteiger partial charge in [0.15, 0.2) is 0 Å². The van der Waals surface area contributed by atoms with E-state index >= 15 is 0 Å². The third-order valence-electron chi connectivity index (χ3n) is 2.06. The van der Waals surface area contributed by atoms with Crippen molar-refractivity contribution >= 4 is 28.3 Å². The molecular formula is C10H14BrClFNO. The maximum absolute atomic E-state index is 13.0. The van der Waals surface area contributed by atoms with Crippen molar-refractivity contribution in [3.8, 4) is 5.75 Å². The van der Waals surface area contributed by atoms with E-state index in [4.69, 9.17) is 5.73 Å². The van der Waals surface area contributed by atoms with Crippen LogP contribution in [0.25, 0.3) is 0 Å². The number of phenolic OH excluding ortho intramolecular Hbond substituents is 1. The summed E-state index contributed by atoms with van der Waals surface area (Å²) in [4.78, 5) is 0. The Hall–Kier alpha value is -0.320. The predicted octanol–water partition coefficient (Wildman–Crippen LogP) is 3.52. The molecule has 0 radical (unpaired) electrons. The van der Waals surface area contributed by atoms with Crippen LogP contribution in [0.4, 0.5) is 4.39 Å². The average Bonchev–Trinajstić information content (AvgIpc) is 2.11. The SMILES string of the molecule is CCC[C@H](N)c1cc(F)cc(Br)c1O.Cl. The minimum absolute atomic E-state index is 0. The first-order valence-corrected chi connectivity index (χ1v) is 5.29. The maximum Gasteiger partial charge on any atom is 0.134 e. The fraction of sp³-hybridized carbons (Fsp3) is 0.400. The average molecular weight is 299 g/mol. The van der Waals surface area contributed by atoms with E-state index in [-0.39, 0.29) is 24.2 Å². The summed E-state index contributed by atoms with van der Waals surface area (Å²) < 4.78 is 13.4. The maximum atomic E-state index is 13.0. The molecule has 0 aliphatic heterocycles. The third-order valence-corrected chi connectivity index (χ3v) is 2.66. The number of phenols is 1. The van der Waals surface area contributed by atoms with Gasteiger partial charge in [0.1, 0.15) is 11.6 Å². The molecule has 0 bridgehead atoms. The van der Waals surface area contributed by atoms with Gasteiger partial charge in [-0.15, -0.1) is 12.4 Å². The molecule has 0 saturated heterocycles. The molecule has 86 valence electrons. The van der Waals surface area contributed by atoms with Gasteiger partial charge in [0.2, 0.25) is 0 Å². The molecule has 0 fully saturated rings. The van der Waals surface area contributed by atoms with E-state index in [2.05, 4.69) is 15.9 Å². The third kappa shape index (κ3) is 3.63. The van der Waals surface area contributed by atoms with Gasteiger partial charge in [-0.1, -0.05) is 13.3 Å². The minimum atomic E-state index is -0.392. The van der Waals surface area contributed by atoms with Crippen molar-refractivity contribution in [3.63, 3.8) is 0 Å². The van der Waals surface area contributed by atoms with Crippen LogP contribution in [0.2, 0.25) is 0 Å². The van der Waals surface area contributed by atoms with Crippen molar-refractivity contribution in [1.82, 2.24) is 0 Å². The lowest BCUT2D eigenvalue weighted by atomic mass is 10.0. The molecule has 0 heterocycles. The van der Waals surface area contributed by atoms with Crippen molar-refractivity contribution in [3.05, 3.63) is 28.0 Å². The van der Waals surface area contributed by atoms with Gasteiger partial charge in [-0.3, -0.25) is 0 Å². The number of nitrogens with two attached hydrogens (primary N) is 1. The van der Waals surface area contributed by atoms with Gasteiger partial charge in [-0.25, -0.2) is 4.39 Å². The smallest absolute Gasteiger partial charge is 0.134 e. The Morgan fingerprint density at radius 1 is 1.53 bits per heavy atom. The van der Waals surface area contributed by atoms with Crippen LogP contribution in [0.5, 0.6) is 5.75 Å². The number of hydrogen-bond donors (Lipinski definition) is 2. The molecule has 0 aliphatic rings. The van der Waals surface area contributed by atoms with E-state index < -0.39 is 5.82 Å². The second-order valence-electron chi connectivity index (χ2n) is 3.22. The van der Waals surface area contributed by atoms with Gasteiger partial charge in [-0.2, -0.15) is 0 Å². The first-order valence-electron chi connectivity index (χ1n) is 4.49. The summed E-state index contributed by atoms with van der Waals surface area (Å²) in [5, 5.41) is 9.63. The van der Waals surface area contributed by atoms with Gasteiger partial charge in [0, 0.05) is 11.6 Å². The fourth-order valence-corrected chi connectivity index (χ4v) is 1.78. The number of benzene rings is 1. The highest BCUT2D eigenvalue weighted by molar-refractivity contribution is 9.10. The molecule has 15 heavy (non-hydrogen) atoms. The van der Waals surface area contributed by atoms with Crippen LogP contribution < -0.4 is 5.73 Å².